The Morgan fingerprint density at radius 1 is 1.30 bits per heavy atom. The smallest absolute Gasteiger partial charge is 0.410 e. The van der Waals surface area contributed by atoms with Crippen LogP contribution >= 0.6 is 0 Å². The van der Waals surface area contributed by atoms with Crippen LogP contribution in [0.25, 0.3) is 0 Å². The minimum atomic E-state index is -0.928. The number of likely N-dealkylation sites (tertiary alicyclic amines) is 1. The Bertz CT molecular complexity index is 446. The van der Waals surface area contributed by atoms with Crippen molar-refractivity contribution in [2.24, 2.45) is 0 Å². The second-order valence-electron chi connectivity index (χ2n) is 7.83. The van der Waals surface area contributed by atoms with Gasteiger partial charge in [0.05, 0.1) is 24.8 Å². The molecule has 1 amide bonds. The van der Waals surface area contributed by atoms with Crippen molar-refractivity contribution in [2.75, 3.05) is 6.61 Å². The first-order valence-corrected chi connectivity index (χ1v) is 8.11. The van der Waals surface area contributed by atoms with E-state index in [1.165, 1.54) is 0 Å². The van der Waals surface area contributed by atoms with Crippen molar-refractivity contribution in [1.29, 1.82) is 0 Å². The van der Waals surface area contributed by atoms with Gasteiger partial charge in [0.1, 0.15) is 17.8 Å². The molecule has 0 radical (unpaired) electrons. The van der Waals surface area contributed by atoms with Gasteiger partial charge in [-0.05, 0) is 48.0 Å². The molecule has 0 saturated carbocycles. The van der Waals surface area contributed by atoms with E-state index in [4.69, 9.17) is 19.3 Å². The van der Waals surface area contributed by atoms with Crippen molar-refractivity contribution >= 4 is 6.09 Å². The van der Waals surface area contributed by atoms with Crippen molar-refractivity contribution < 1.29 is 29.2 Å². The van der Waals surface area contributed by atoms with Gasteiger partial charge in [0.25, 0.3) is 0 Å². The molecule has 5 atom stereocenters. The van der Waals surface area contributed by atoms with E-state index in [1.807, 2.05) is 20.8 Å². The molecule has 0 aliphatic carbocycles. The molecule has 2 aliphatic heterocycles. The monoisotopic (exact) mass is 331 g/mol. The first-order chi connectivity index (χ1) is 10.4. The number of carbonyl (C=O) groups is 1. The Labute approximate surface area is 137 Å². The molecule has 7 heteroatoms. The van der Waals surface area contributed by atoms with Gasteiger partial charge in [-0.25, -0.2) is 4.79 Å². The highest BCUT2D eigenvalue weighted by Crippen LogP contribution is 2.42. The van der Waals surface area contributed by atoms with Crippen LogP contribution in [0.1, 0.15) is 48.0 Å². The Morgan fingerprint density at radius 3 is 2.39 bits per heavy atom. The topological polar surface area (TPSA) is 88.5 Å². The molecular weight excluding hydrogens is 302 g/mol. The molecule has 134 valence electrons. The molecule has 0 spiro atoms. The van der Waals surface area contributed by atoms with Crippen LogP contribution in [-0.4, -0.2) is 69.6 Å². The van der Waals surface area contributed by atoms with Gasteiger partial charge in [-0.1, -0.05) is 0 Å². The third-order valence-electron chi connectivity index (χ3n) is 4.14. The van der Waals surface area contributed by atoms with Crippen LogP contribution in [0, 0.1) is 0 Å². The maximum atomic E-state index is 12.6. The average molecular weight is 331 g/mol. The van der Waals surface area contributed by atoms with Crippen LogP contribution in [0.2, 0.25) is 0 Å². The summed E-state index contributed by atoms with van der Waals surface area (Å²) in [4.78, 5) is 14.2. The van der Waals surface area contributed by atoms with Crippen LogP contribution in [0.5, 0.6) is 0 Å². The number of nitrogens with zero attached hydrogens (tertiary/aromatic N) is 1. The van der Waals surface area contributed by atoms with E-state index in [0.717, 1.165) is 0 Å². The highest BCUT2D eigenvalue weighted by molar-refractivity contribution is 5.70. The number of ether oxygens (including phenoxy) is 3. The predicted octanol–water partition coefficient (Wildman–Crippen LogP) is 1.26. The Balaban J connectivity index is 2.24. The number of carbonyl (C=O) groups excluding carboxylic acids is 1. The van der Waals surface area contributed by atoms with Crippen molar-refractivity contribution in [3.63, 3.8) is 0 Å². The van der Waals surface area contributed by atoms with Gasteiger partial charge in [-0.2, -0.15) is 0 Å². The maximum Gasteiger partial charge on any atom is 0.410 e. The molecular formula is C16H29NO6. The van der Waals surface area contributed by atoms with E-state index in [2.05, 4.69) is 0 Å². The molecule has 2 aliphatic rings. The molecule has 0 aromatic rings. The van der Waals surface area contributed by atoms with Crippen molar-refractivity contribution in [3.8, 4) is 0 Å². The fourth-order valence-corrected chi connectivity index (χ4v) is 3.32. The molecule has 0 aromatic heterocycles. The number of fused-ring (bicyclic) bond motifs is 1. The Kier molecular flexibility index (Phi) is 4.97. The van der Waals surface area contributed by atoms with Gasteiger partial charge in [-0.3, -0.25) is 4.90 Å². The lowest BCUT2D eigenvalue weighted by Gasteiger charge is -2.34. The molecule has 23 heavy (non-hydrogen) atoms. The Morgan fingerprint density at radius 2 is 1.87 bits per heavy atom. The maximum absolute atomic E-state index is 12.6. The van der Waals surface area contributed by atoms with E-state index >= 15 is 0 Å². The summed E-state index contributed by atoms with van der Waals surface area (Å²) in [6, 6.07) is -0.652. The summed E-state index contributed by atoms with van der Waals surface area (Å²) < 4.78 is 17.4. The Hall–Kier alpha value is -0.890. The van der Waals surface area contributed by atoms with Crippen LogP contribution in [0.4, 0.5) is 4.79 Å². The van der Waals surface area contributed by atoms with E-state index < -0.39 is 29.6 Å². The standard InChI is InChI=1S/C16H29NO6/c1-9-12-13(22-16(5,6)21-12)11(7-10(19)8-18)17(9)14(20)23-15(2,3)4/h9-13,18-19H,7-8H2,1-6H3/t9-,10?,11-,12+,13-/m0/s1. The summed E-state index contributed by atoms with van der Waals surface area (Å²) in [5, 5.41) is 19.0. The summed E-state index contributed by atoms with van der Waals surface area (Å²) in [6.07, 6.45) is -1.81. The zero-order chi connectivity index (χ0) is 17.6. The third-order valence-corrected chi connectivity index (χ3v) is 4.14. The number of rotatable bonds is 3. The molecule has 2 N–H and O–H groups in total. The molecule has 1 unspecified atom stereocenters. The van der Waals surface area contributed by atoms with Gasteiger partial charge in [-0.15, -0.1) is 0 Å². The van der Waals surface area contributed by atoms with Crippen LogP contribution in [0.3, 0.4) is 0 Å². The normalized spacial score (nSPS) is 34.3. The van der Waals surface area contributed by atoms with Gasteiger partial charge in [0.15, 0.2) is 5.79 Å². The number of hydrogen-bond donors (Lipinski definition) is 2. The lowest BCUT2D eigenvalue weighted by molar-refractivity contribution is -0.167. The predicted molar refractivity (Wildman–Crippen MR) is 82.9 cm³/mol. The third kappa shape index (κ3) is 3.96. The zero-order valence-corrected chi connectivity index (χ0v) is 14.8. The number of aliphatic hydroxyl groups excluding tert-OH is 2. The lowest BCUT2D eigenvalue weighted by atomic mass is 10.0. The second-order valence-corrected chi connectivity index (χ2v) is 7.83. The zero-order valence-electron chi connectivity index (χ0n) is 14.8. The fraction of sp³-hybridized carbons (Fsp3) is 0.938. The first kappa shape index (κ1) is 18.4. The van der Waals surface area contributed by atoms with Crippen LogP contribution in [0.15, 0.2) is 0 Å². The van der Waals surface area contributed by atoms with Crippen molar-refractivity contribution in [2.45, 2.75) is 89.7 Å². The van der Waals surface area contributed by atoms with Gasteiger partial charge in [0.2, 0.25) is 0 Å². The first-order valence-electron chi connectivity index (χ1n) is 8.11. The van der Waals surface area contributed by atoms with E-state index in [0.29, 0.717) is 0 Å². The molecule has 2 fully saturated rings. The summed E-state index contributed by atoms with van der Waals surface area (Å²) in [5.74, 6) is -0.730. The van der Waals surface area contributed by atoms with Crippen molar-refractivity contribution in [3.05, 3.63) is 0 Å². The highest BCUT2D eigenvalue weighted by atomic mass is 16.8. The van der Waals surface area contributed by atoms with Crippen LogP contribution in [-0.2, 0) is 14.2 Å². The quantitative estimate of drug-likeness (QED) is 0.809. The molecule has 0 aromatic carbocycles. The van der Waals surface area contributed by atoms with Crippen LogP contribution < -0.4 is 0 Å². The van der Waals surface area contributed by atoms with Gasteiger partial charge >= 0.3 is 6.09 Å². The summed E-state index contributed by atoms with van der Waals surface area (Å²) in [7, 11) is 0. The SMILES string of the molecule is C[C@H]1[C@H]2OC(C)(C)O[C@H]2[C@H](CC(O)CO)N1C(=O)OC(C)(C)C. The minimum absolute atomic E-state index is 0.209. The summed E-state index contributed by atoms with van der Waals surface area (Å²) >= 11 is 0. The van der Waals surface area contributed by atoms with Gasteiger partial charge in [0, 0.05) is 0 Å². The highest BCUT2D eigenvalue weighted by Gasteiger charge is 2.58. The molecule has 7 nitrogen and oxygen atoms in total. The van der Waals surface area contributed by atoms with E-state index in [1.54, 1.807) is 25.7 Å². The molecule has 2 heterocycles. The second kappa shape index (κ2) is 6.20. The van der Waals surface area contributed by atoms with E-state index in [-0.39, 0.29) is 31.3 Å². The van der Waals surface area contributed by atoms with E-state index in [9.17, 15) is 9.90 Å². The average Bonchev–Trinajstić information content (AvgIpc) is 2.81. The molecule has 2 rings (SSSR count). The minimum Gasteiger partial charge on any atom is -0.444 e. The lowest BCUT2D eigenvalue weighted by Crippen LogP contribution is -2.48. The number of hydrogen-bond acceptors (Lipinski definition) is 6. The molecule has 0 bridgehead atoms. The summed E-state index contributed by atoms with van der Waals surface area (Å²) in [6.45, 7) is 10.6. The molecule has 2 saturated heterocycles. The van der Waals surface area contributed by atoms with Crippen molar-refractivity contribution in [1.82, 2.24) is 4.90 Å². The van der Waals surface area contributed by atoms with Gasteiger partial charge < -0.3 is 24.4 Å². The number of amides is 1. The largest absolute Gasteiger partial charge is 0.444 e. The summed E-state index contributed by atoms with van der Waals surface area (Å²) in [5.41, 5.74) is -0.615. The fourth-order valence-electron chi connectivity index (χ4n) is 3.32. The number of aliphatic hydroxyl groups is 2.